The van der Waals surface area contributed by atoms with Crippen molar-refractivity contribution < 1.29 is 13.2 Å². The summed E-state index contributed by atoms with van der Waals surface area (Å²) < 4.78 is 29.9. The second-order valence-corrected chi connectivity index (χ2v) is 10.7. The Morgan fingerprint density at radius 2 is 1.87 bits per heavy atom. The van der Waals surface area contributed by atoms with E-state index in [1.165, 1.54) is 38.9 Å². The van der Waals surface area contributed by atoms with Crippen LogP contribution in [0.1, 0.15) is 41.3 Å². The van der Waals surface area contributed by atoms with Crippen molar-refractivity contribution in [3.8, 4) is 0 Å². The Balaban J connectivity index is 1.69. The molecule has 0 atom stereocenters. The van der Waals surface area contributed by atoms with Gasteiger partial charge in [0.05, 0.1) is 15.1 Å². The topological polar surface area (TPSA) is 71.7 Å². The summed E-state index contributed by atoms with van der Waals surface area (Å²) in [5.74, 6) is -0.377. The Hall–Kier alpha value is -2.29. The molecular weight excluding hydrogens is 418 g/mol. The molecule has 1 aliphatic carbocycles. The minimum Gasteiger partial charge on any atom is -0.317 e. The Bertz CT molecular complexity index is 1300. The molecule has 8 heteroatoms. The van der Waals surface area contributed by atoms with E-state index in [4.69, 9.17) is 0 Å². The number of aromatic nitrogens is 1. The van der Waals surface area contributed by atoms with Gasteiger partial charge in [-0.25, -0.2) is 8.42 Å². The van der Waals surface area contributed by atoms with Crippen LogP contribution in [-0.2, 0) is 16.6 Å². The van der Waals surface area contributed by atoms with E-state index in [-0.39, 0.29) is 16.8 Å². The van der Waals surface area contributed by atoms with E-state index in [2.05, 4.69) is 31.0 Å². The normalized spacial score (nSPS) is 15.3. The van der Waals surface area contributed by atoms with E-state index >= 15 is 0 Å². The maximum Gasteiger partial charge on any atom is 0.279 e. The highest BCUT2D eigenvalue weighted by molar-refractivity contribution is 7.89. The number of fused-ring (bicyclic) bond motifs is 1. The minimum absolute atomic E-state index is 0.0934. The SMILES string of the molecule is CCn1c(=NC(=O)c2ccc(S(=O)(=O)N(C)C3CC3)cc2)sc2c(C)cc(C)cc21. The molecule has 0 saturated heterocycles. The standard InChI is InChI=1S/C22H25N3O3S2/c1-5-25-19-13-14(2)12-15(3)20(19)29-22(25)23-21(26)16-6-10-18(11-7-16)30(27,28)24(4)17-8-9-17/h6-7,10-13,17H,5,8-9H2,1-4H3. The molecule has 0 unspecified atom stereocenters. The number of sulfonamides is 1. The number of amides is 1. The van der Waals surface area contributed by atoms with Crippen LogP contribution in [0, 0.1) is 13.8 Å². The summed E-state index contributed by atoms with van der Waals surface area (Å²) >= 11 is 1.50. The smallest absolute Gasteiger partial charge is 0.279 e. The second-order valence-electron chi connectivity index (χ2n) is 7.75. The van der Waals surface area contributed by atoms with E-state index in [0.717, 1.165) is 23.1 Å². The van der Waals surface area contributed by atoms with Crippen LogP contribution in [0.3, 0.4) is 0 Å². The first-order valence-corrected chi connectivity index (χ1v) is 12.3. The van der Waals surface area contributed by atoms with Crippen molar-refractivity contribution in [3.63, 3.8) is 0 Å². The lowest BCUT2D eigenvalue weighted by molar-refractivity contribution is 0.0997. The maximum absolute atomic E-state index is 12.8. The van der Waals surface area contributed by atoms with Crippen molar-refractivity contribution in [2.45, 2.75) is 51.1 Å². The Morgan fingerprint density at radius 1 is 1.20 bits per heavy atom. The number of nitrogens with zero attached hydrogens (tertiary/aromatic N) is 3. The minimum atomic E-state index is -3.52. The molecule has 1 aliphatic rings. The summed E-state index contributed by atoms with van der Waals surface area (Å²) in [6.07, 6.45) is 1.80. The third kappa shape index (κ3) is 3.75. The highest BCUT2D eigenvalue weighted by atomic mass is 32.2. The molecule has 0 bridgehead atoms. The van der Waals surface area contributed by atoms with Gasteiger partial charge in [0.2, 0.25) is 10.0 Å². The molecule has 0 spiro atoms. The van der Waals surface area contributed by atoms with Crippen molar-refractivity contribution >= 4 is 37.5 Å². The monoisotopic (exact) mass is 443 g/mol. The third-order valence-electron chi connectivity index (χ3n) is 5.47. The lowest BCUT2D eigenvalue weighted by atomic mass is 10.1. The fourth-order valence-corrected chi connectivity index (χ4v) is 6.18. The molecule has 0 radical (unpaired) electrons. The molecule has 1 saturated carbocycles. The zero-order valence-electron chi connectivity index (χ0n) is 17.5. The Morgan fingerprint density at radius 3 is 2.47 bits per heavy atom. The predicted molar refractivity (Wildman–Crippen MR) is 119 cm³/mol. The molecule has 30 heavy (non-hydrogen) atoms. The van der Waals surface area contributed by atoms with Crippen molar-refractivity contribution in [3.05, 3.63) is 57.9 Å². The molecule has 2 aromatic carbocycles. The van der Waals surface area contributed by atoms with Crippen LogP contribution in [0.2, 0.25) is 0 Å². The van der Waals surface area contributed by atoms with E-state index in [1.54, 1.807) is 19.2 Å². The number of hydrogen-bond acceptors (Lipinski definition) is 4. The van der Waals surface area contributed by atoms with Crippen LogP contribution in [0.4, 0.5) is 0 Å². The Labute approximate surface area is 180 Å². The van der Waals surface area contributed by atoms with Gasteiger partial charge in [-0.2, -0.15) is 9.30 Å². The summed E-state index contributed by atoms with van der Waals surface area (Å²) in [5.41, 5.74) is 3.79. The first-order valence-electron chi connectivity index (χ1n) is 10.00. The van der Waals surface area contributed by atoms with Gasteiger partial charge >= 0.3 is 0 Å². The average molecular weight is 444 g/mol. The van der Waals surface area contributed by atoms with Crippen LogP contribution in [0.5, 0.6) is 0 Å². The third-order valence-corrected chi connectivity index (χ3v) is 8.62. The number of hydrogen-bond donors (Lipinski definition) is 0. The lowest BCUT2D eigenvalue weighted by Crippen LogP contribution is -2.28. The van der Waals surface area contributed by atoms with E-state index in [9.17, 15) is 13.2 Å². The van der Waals surface area contributed by atoms with Gasteiger partial charge in [-0.3, -0.25) is 4.79 Å². The van der Waals surface area contributed by atoms with E-state index < -0.39 is 10.0 Å². The fourth-order valence-electron chi connectivity index (χ4n) is 3.62. The molecule has 1 heterocycles. The van der Waals surface area contributed by atoms with Gasteiger partial charge in [-0.05, 0) is 75.1 Å². The second kappa shape index (κ2) is 7.76. The van der Waals surface area contributed by atoms with Crippen molar-refractivity contribution in [1.29, 1.82) is 0 Å². The summed E-state index contributed by atoms with van der Waals surface area (Å²) in [7, 11) is -1.92. The highest BCUT2D eigenvalue weighted by Gasteiger charge is 2.35. The molecule has 4 rings (SSSR count). The van der Waals surface area contributed by atoms with Crippen molar-refractivity contribution in [2.75, 3.05) is 7.05 Å². The van der Waals surface area contributed by atoms with Crippen LogP contribution < -0.4 is 4.80 Å². The van der Waals surface area contributed by atoms with Crippen LogP contribution in [0.15, 0.2) is 46.3 Å². The fraction of sp³-hybridized carbons (Fsp3) is 0.364. The molecule has 6 nitrogen and oxygen atoms in total. The number of aryl methyl sites for hydroxylation is 3. The largest absolute Gasteiger partial charge is 0.317 e. The molecular formula is C22H25N3O3S2. The van der Waals surface area contributed by atoms with E-state index in [0.29, 0.717) is 16.9 Å². The van der Waals surface area contributed by atoms with Gasteiger partial charge in [0.15, 0.2) is 4.80 Å². The zero-order chi connectivity index (χ0) is 21.6. The van der Waals surface area contributed by atoms with Gasteiger partial charge in [0, 0.05) is 25.2 Å². The van der Waals surface area contributed by atoms with Gasteiger partial charge in [0.25, 0.3) is 5.91 Å². The van der Waals surface area contributed by atoms with Gasteiger partial charge in [-0.15, -0.1) is 0 Å². The molecule has 0 aliphatic heterocycles. The van der Waals surface area contributed by atoms with Gasteiger partial charge in [-0.1, -0.05) is 17.4 Å². The van der Waals surface area contributed by atoms with Crippen molar-refractivity contribution in [2.24, 2.45) is 4.99 Å². The van der Waals surface area contributed by atoms with Gasteiger partial charge < -0.3 is 4.57 Å². The first kappa shape index (κ1) is 21.0. The summed E-state index contributed by atoms with van der Waals surface area (Å²) in [4.78, 5) is 18.0. The quantitative estimate of drug-likeness (QED) is 0.601. The van der Waals surface area contributed by atoms with Crippen LogP contribution in [-0.4, -0.2) is 36.3 Å². The molecule has 1 amide bonds. The molecule has 1 fully saturated rings. The summed E-state index contributed by atoms with van der Waals surface area (Å²) in [6, 6.07) is 10.4. The molecule has 1 aromatic heterocycles. The van der Waals surface area contributed by atoms with Crippen molar-refractivity contribution in [1.82, 2.24) is 8.87 Å². The summed E-state index contributed by atoms with van der Waals surface area (Å²) in [6.45, 7) is 6.86. The number of carbonyl (C=O) groups excluding carboxylic acids is 1. The molecule has 158 valence electrons. The molecule has 3 aromatic rings. The zero-order valence-corrected chi connectivity index (χ0v) is 19.2. The maximum atomic E-state index is 12.8. The highest BCUT2D eigenvalue weighted by Crippen LogP contribution is 2.30. The molecule has 0 N–H and O–H groups in total. The predicted octanol–water partition coefficient (Wildman–Crippen LogP) is 3.86. The lowest BCUT2D eigenvalue weighted by Gasteiger charge is -2.16. The number of rotatable bonds is 5. The number of benzene rings is 2. The Kier molecular flexibility index (Phi) is 5.42. The average Bonchev–Trinajstić information content (AvgIpc) is 3.50. The van der Waals surface area contributed by atoms with E-state index in [1.807, 2.05) is 11.5 Å². The first-order chi connectivity index (χ1) is 14.2. The van der Waals surface area contributed by atoms with Crippen LogP contribution >= 0.6 is 11.3 Å². The summed E-state index contributed by atoms with van der Waals surface area (Å²) in [5, 5.41) is 0. The number of thiazole rings is 1. The number of carbonyl (C=O) groups is 1. The van der Waals surface area contributed by atoms with Crippen LogP contribution in [0.25, 0.3) is 10.2 Å². The van der Waals surface area contributed by atoms with Gasteiger partial charge in [0.1, 0.15) is 0 Å².